The highest BCUT2D eigenvalue weighted by molar-refractivity contribution is 7.17. The number of rotatable bonds is 6. The summed E-state index contributed by atoms with van der Waals surface area (Å²) in [4.78, 5) is 28.0. The van der Waals surface area contributed by atoms with Crippen LogP contribution >= 0.6 is 22.9 Å². The summed E-state index contributed by atoms with van der Waals surface area (Å²) in [6.45, 7) is 1.58. The fourth-order valence-corrected chi connectivity index (χ4v) is 4.64. The average molecular weight is 474 g/mol. The lowest BCUT2D eigenvalue weighted by Gasteiger charge is -2.25. The van der Waals surface area contributed by atoms with Gasteiger partial charge in [0.2, 0.25) is 5.91 Å². The lowest BCUT2D eigenvalue weighted by molar-refractivity contribution is -0.124. The molecule has 0 saturated carbocycles. The summed E-state index contributed by atoms with van der Waals surface area (Å²) < 4.78 is 11.2. The second kappa shape index (κ2) is 10.2. The lowest BCUT2D eigenvalue weighted by atomic mass is 9.99. The Balaban J connectivity index is 1.50. The van der Waals surface area contributed by atoms with Gasteiger partial charge in [-0.15, -0.1) is 0 Å². The van der Waals surface area contributed by atoms with Gasteiger partial charge in [0, 0.05) is 19.5 Å². The van der Waals surface area contributed by atoms with Gasteiger partial charge >= 0.3 is 6.09 Å². The number of hydrogen-bond donors (Lipinski definition) is 2. The quantitative estimate of drug-likeness (QED) is 0.564. The van der Waals surface area contributed by atoms with Gasteiger partial charge in [-0.25, -0.2) is 4.79 Å². The van der Waals surface area contributed by atoms with E-state index >= 15 is 0 Å². The number of nitrogens with one attached hydrogen (secondary N) is 2. The molecule has 4 rings (SSSR count). The van der Waals surface area contributed by atoms with Crippen LogP contribution in [-0.4, -0.2) is 43.1 Å². The van der Waals surface area contributed by atoms with Crippen LogP contribution in [0.4, 0.5) is 4.79 Å². The third-order valence-corrected chi connectivity index (χ3v) is 6.45. The Hall–Kier alpha value is -2.81. The molecule has 0 saturated heterocycles. The molecule has 2 atom stereocenters. The molecule has 1 aliphatic heterocycles. The number of hydrogen-bond acceptors (Lipinski definition) is 6. The van der Waals surface area contributed by atoms with E-state index in [2.05, 4.69) is 21.6 Å². The van der Waals surface area contributed by atoms with Crippen LogP contribution in [0.15, 0.2) is 59.2 Å². The van der Waals surface area contributed by atoms with Gasteiger partial charge in [-0.2, -0.15) is 0 Å². The number of carbonyl (C=O) groups is 2. The Bertz CT molecular complexity index is 1070. The third-order valence-electron chi connectivity index (χ3n) is 5.34. The normalized spacial score (nSPS) is 17.1. The van der Waals surface area contributed by atoms with E-state index in [-0.39, 0.29) is 18.4 Å². The average Bonchev–Trinajstić information content (AvgIpc) is 3.39. The van der Waals surface area contributed by atoms with Crippen LogP contribution < -0.4 is 15.4 Å². The van der Waals surface area contributed by atoms with Crippen molar-refractivity contribution in [1.82, 2.24) is 15.5 Å². The standard InChI is InChI=1S/C23H24ClN3O4S/c1-27-11-10-15-5-2-3-7-17(15)19(14-27)25-22(28)18(13-16-6-4-12-30-16)26-23(29)31-21-9-8-20(24)32-21/h2-9,12,18-19H,10-11,13-14H2,1H3,(H,25,28)(H,26,29)/t18-,19?/m1/s1. The van der Waals surface area contributed by atoms with Gasteiger partial charge in [-0.1, -0.05) is 47.2 Å². The van der Waals surface area contributed by atoms with Gasteiger partial charge in [-0.05, 0) is 48.9 Å². The number of halogens is 1. The Morgan fingerprint density at radius 3 is 2.84 bits per heavy atom. The van der Waals surface area contributed by atoms with E-state index in [4.69, 9.17) is 20.8 Å². The maximum atomic E-state index is 13.3. The number of fused-ring (bicyclic) bond motifs is 1. The minimum absolute atomic E-state index is 0.195. The summed E-state index contributed by atoms with van der Waals surface area (Å²) in [7, 11) is 2.03. The van der Waals surface area contributed by atoms with Gasteiger partial charge in [0.1, 0.15) is 11.8 Å². The summed E-state index contributed by atoms with van der Waals surface area (Å²) in [6.07, 6.45) is 1.92. The van der Waals surface area contributed by atoms with Crippen molar-refractivity contribution in [2.24, 2.45) is 0 Å². The first-order valence-corrected chi connectivity index (χ1v) is 11.5. The van der Waals surface area contributed by atoms with E-state index in [1.54, 1.807) is 24.3 Å². The van der Waals surface area contributed by atoms with Crippen molar-refractivity contribution in [1.29, 1.82) is 0 Å². The maximum Gasteiger partial charge on any atom is 0.414 e. The molecule has 0 radical (unpaired) electrons. The van der Waals surface area contributed by atoms with Crippen LogP contribution in [-0.2, 0) is 17.6 Å². The number of ether oxygens (including phenoxy) is 1. The van der Waals surface area contributed by atoms with Crippen molar-refractivity contribution >= 4 is 34.9 Å². The van der Waals surface area contributed by atoms with Crippen LogP contribution in [0.1, 0.15) is 22.9 Å². The highest BCUT2D eigenvalue weighted by Crippen LogP contribution is 2.28. The van der Waals surface area contributed by atoms with Crippen molar-refractivity contribution in [3.8, 4) is 5.06 Å². The fourth-order valence-electron chi connectivity index (χ4n) is 3.76. The highest BCUT2D eigenvalue weighted by atomic mass is 35.5. The van der Waals surface area contributed by atoms with Gasteiger partial charge in [-0.3, -0.25) is 4.79 Å². The molecule has 2 aromatic heterocycles. The van der Waals surface area contributed by atoms with Gasteiger partial charge in [0.15, 0.2) is 5.06 Å². The molecular weight excluding hydrogens is 450 g/mol. The van der Waals surface area contributed by atoms with E-state index in [9.17, 15) is 9.59 Å². The summed E-state index contributed by atoms with van der Waals surface area (Å²) in [5.74, 6) is 0.278. The first-order valence-electron chi connectivity index (χ1n) is 10.3. The molecule has 1 unspecified atom stereocenters. The summed E-state index contributed by atoms with van der Waals surface area (Å²) >= 11 is 7.03. The van der Waals surface area contributed by atoms with E-state index in [1.807, 2.05) is 25.2 Å². The molecular formula is C23H24ClN3O4S. The number of amides is 2. The summed E-state index contributed by atoms with van der Waals surface area (Å²) in [5, 5.41) is 6.14. The van der Waals surface area contributed by atoms with Crippen LogP contribution in [0, 0.1) is 0 Å². The molecule has 1 aromatic carbocycles. The molecule has 9 heteroatoms. The zero-order chi connectivity index (χ0) is 22.5. The molecule has 7 nitrogen and oxygen atoms in total. The predicted molar refractivity (Wildman–Crippen MR) is 123 cm³/mol. The van der Waals surface area contributed by atoms with Crippen LogP contribution in [0.3, 0.4) is 0 Å². The minimum atomic E-state index is -0.871. The maximum absolute atomic E-state index is 13.3. The number of nitrogens with zero attached hydrogens (tertiary/aromatic N) is 1. The molecule has 0 fully saturated rings. The fraction of sp³-hybridized carbons (Fsp3) is 0.304. The van der Waals surface area contributed by atoms with Crippen molar-refractivity contribution in [2.45, 2.75) is 24.9 Å². The smallest absolute Gasteiger partial charge is 0.414 e. The second-order valence-corrected chi connectivity index (χ2v) is 9.38. The van der Waals surface area contributed by atoms with Crippen molar-refractivity contribution < 1.29 is 18.7 Å². The number of carbonyl (C=O) groups excluding carboxylic acids is 2. The summed E-state index contributed by atoms with van der Waals surface area (Å²) in [5.41, 5.74) is 2.31. The topological polar surface area (TPSA) is 83.8 Å². The SMILES string of the molecule is CN1CCc2ccccc2C(NC(=O)[C@@H](Cc2ccco2)NC(=O)Oc2ccc(Cl)s2)C1. The third kappa shape index (κ3) is 5.70. The molecule has 2 amide bonds. The van der Waals surface area contributed by atoms with E-state index in [0.29, 0.717) is 21.7 Å². The van der Waals surface area contributed by atoms with Gasteiger partial charge in [0.05, 0.1) is 16.6 Å². The van der Waals surface area contributed by atoms with Gasteiger partial charge in [0.25, 0.3) is 0 Å². The summed E-state index contributed by atoms with van der Waals surface area (Å²) in [6, 6.07) is 13.8. The molecule has 0 aliphatic carbocycles. The number of furan rings is 1. The predicted octanol–water partition coefficient (Wildman–Crippen LogP) is 4.04. The highest BCUT2D eigenvalue weighted by Gasteiger charge is 2.28. The molecule has 0 spiro atoms. The Morgan fingerprint density at radius 1 is 1.25 bits per heavy atom. The van der Waals surface area contributed by atoms with Gasteiger partial charge < -0.3 is 24.7 Å². The first-order chi connectivity index (χ1) is 15.5. The van der Waals surface area contributed by atoms with Crippen molar-refractivity contribution in [3.05, 3.63) is 76.0 Å². The second-order valence-electron chi connectivity index (χ2n) is 7.70. The van der Waals surface area contributed by atoms with E-state index in [0.717, 1.165) is 29.9 Å². The minimum Gasteiger partial charge on any atom is -0.469 e. The molecule has 2 N–H and O–H groups in total. The van der Waals surface area contributed by atoms with Crippen molar-refractivity contribution in [3.63, 3.8) is 0 Å². The molecule has 32 heavy (non-hydrogen) atoms. The molecule has 3 aromatic rings. The molecule has 1 aliphatic rings. The molecule has 168 valence electrons. The van der Waals surface area contributed by atoms with Crippen LogP contribution in [0.25, 0.3) is 0 Å². The first kappa shape index (κ1) is 22.4. The Kier molecular flexibility index (Phi) is 7.14. The Labute approximate surface area is 195 Å². The van der Waals surface area contributed by atoms with E-state index in [1.165, 1.54) is 11.8 Å². The Morgan fingerprint density at radius 2 is 2.09 bits per heavy atom. The van der Waals surface area contributed by atoms with E-state index < -0.39 is 12.1 Å². The number of thiophene rings is 1. The largest absolute Gasteiger partial charge is 0.469 e. The monoisotopic (exact) mass is 473 g/mol. The van der Waals surface area contributed by atoms with Crippen LogP contribution in [0.2, 0.25) is 4.34 Å². The number of likely N-dealkylation sites (N-methyl/N-ethyl adjacent to an activating group) is 1. The number of benzene rings is 1. The zero-order valence-corrected chi connectivity index (χ0v) is 19.1. The molecule has 0 bridgehead atoms. The van der Waals surface area contributed by atoms with Crippen molar-refractivity contribution in [2.75, 3.05) is 20.1 Å². The molecule has 3 heterocycles. The lowest BCUT2D eigenvalue weighted by Crippen LogP contribution is -2.50. The van der Waals surface area contributed by atoms with Crippen LogP contribution in [0.5, 0.6) is 5.06 Å². The zero-order valence-electron chi connectivity index (χ0n) is 17.5.